The van der Waals surface area contributed by atoms with E-state index in [1.807, 2.05) is 18.2 Å². The van der Waals surface area contributed by atoms with Crippen molar-refractivity contribution in [2.45, 2.75) is 83.3 Å². The third kappa shape index (κ3) is 6.17. The first-order valence-electron chi connectivity index (χ1n) is 11.1. The van der Waals surface area contributed by atoms with Crippen LogP contribution in [0.4, 0.5) is 0 Å². The summed E-state index contributed by atoms with van der Waals surface area (Å²) < 4.78 is 4.63. The molecule has 2 N–H and O–H groups in total. The minimum absolute atomic E-state index is 0.0504. The molecule has 2 rings (SSSR count). The summed E-state index contributed by atoms with van der Waals surface area (Å²) in [6, 6.07) is 2.36. The zero-order chi connectivity index (χ0) is 21.3. The lowest BCUT2D eigenvalue weighted by atomic mass is 9.63. The highest BCUT2D eigenvalue weighted by Gasteiger charge is 2.42. The van der Waals surface area contributed by atoms with Gasteiger partial charge in [0.2, 0.25) is 0 Å². The van der Waals surface area contributed by atoms with E-state index in [4.69, 9.17) is 0 Å². The minimum atomic E-state index is -0.505. The van der Waals surface area contributed by atoms with Crippen LogP contribution in [-0.2, 0) is 9.53 Å². The van der Waals surface area contributed by atoms with Crippen molar-refractivity contribution in [2.75, 3.05) is 7.11 Å². The largest absolute Gasteiger partial charge is 0.469 e. The van der Waals surface area contributed by atoms with Crippen LogP contribution in [0.1, 0.15) is 71.1 Å². The van der Waals surface area contributed by atoms with Gasteiger partial charge in [-0.15, -0.1) is 0 Å². The molecular formula is C24H37NO4. The van der Waals surface area contributed by atoms with Gasteiger partial charge in [0, 0.05) is 12.3 Å². The van der Waals surface area contributed by atoms with Crippen LogP contribution in [0.3, 0.4) is 0 Å². The molecule has 0 aromatic carbocycles. The van der Waals surface area contributed by atoms with Crippen molar-refractivity contribution in [1.29, 1.82) is 5.26 Å². The van der Waals surface area contributed by atoms with Gasteiger partial charge >= 0.3 is 5.97 Å². The van der Waals surface area contributed by atoms with E-state index >= 15 is 0 Å². The van der Waals surface area contributed by atoms with Crippen molar-refractivity contribution < 1.29 is 19.7 Å². The first-order valence-corrected chi connectivity index (χ1v) is 11.1. The molecule has 0 spiro atoms. The number of nitrogens with zero attached hydrogens (tertiary/aromatic N) is 1. The highest BCUT2D eigenvalue weighted by molar-refractivity contribution is 5.69. The Kier molecular flexibility index (Phi) is 9.39. The molecule has 2 aliphatic rings. The van der Waals surface area contributed by atoms with Crippen molar-refractivity contribution in [3.8, 4) is 6.07 Å². The number of aliphatic hydroxyl groups excluding tert-OH is 2. The molecule has 0 aromatic heterocycles. The molecule has 2 saturated carbocycles. The van der Waals surface area contributed by atoms with Gasteiger partial charge in [-0.1, -0.05) is 37.6 Å². The molecular weight excluding hydrogens is 366 g/mol. The lowest BCUT2D eigenvalue weighted by Crippen LogP contribution is -2.40. The van der Waals surface area contributed by atoms with Crippen LogP contribution in [-0.4, -0.2) is 35.5 Å². The number of unbranched alkanes of at least 4 members (excludes halogenated alkanes) is 1. The second kappa shape index (κ2) is 11.5. The van der Waals surface area contributed by atoms with Crippen LogP contribution in [0.25, 0.3) is 0 Å². The van der Waals surface area contributed by atoms with E-state index in [0.29, 0.717) is 19.3 Å². The molecule has 0 aliphatic heterocycles. The van der Waals surface area contributed by atoms with Crippen molar-refractivity contribution in [2.24, 2.45) is 23.2 Å². The summed E-state index contributed by atoms with van der Waals surface area (Å²) >= 11 is 0. The highest BCUT2D eigenvalue weighted by Crippen LogP contribution is 2.48. The van der Waals surface area contributed by atoms with Crippen LogP contribution in [0.5, 0.6) is 0 Å². The molecule has 2 aliphatic carbocycles. The second-order valence-corrected chi connectivity index (χ2v) is 8.70. The van der Waals surface area contributed by atoms with E-state index in [9.17, 15) is 20.3 Å². The van der Waals surface area contributed by atoms with E-state index in [0.717, 1.165) is 38.5 Å². The van der Waals surface area contributed by atoms with Crippen LogP contribution >= 0.6 is 0 Å². The normalized spacial score (nSPS) is 29.6. The zero-order valence-electron chi connectivity index (χ0n) is 17.9. The zero-order valence-corrected chi connectivity index (χ0v) is 17.9. The van der Waals surface area contributed by atoms with Gasteiger partial charge < -0.3 is 14.9 Å². The summed E-state index contributed by atoms with van der Waals surface area (Å²) in [5.41, 5.74) is 0.0835. The minimum Gasteiger partial charge on any atom is -0.469 e. The number of carbonyl (C=O) groups excluding carboxylic acids is 1. The molecule has 29 heavy (non-hydrogen) atoms. The molecule has 0 amide bonds. The van der Waals surface area contributed by atoms with Crippen molar-refractivity contribution in [3.05, 3.63) is 24.3 Å². The topological polar surface area (TPSA) is 90.5 Å². The maximum atomic E-state index is 11.1. The average Bonchev–Trinajstić information content (AvgIpc) is 2.98. The molecule has 5 heteroatoms. The fraction of sp³-hybridized carbons (Fsp3) is 0.750. The second-order valence-electron chi connectivity index (χ2n) is 8.70. The number of ether oxygens (including phenoxy) is 1. The van der Waals surface area contributed by atoms with Crippen LogP contribution in [0.2, 0.25) is 0 Å². The van der Waals surface area contributed by atoms with Crippen LogP contribution < -0.4 is 0 Å². The quantitative estimate of drug-likeness (QED) is 0.305. The number of methoxy groups -OCH3 is 1. The molecule has 2 fully saturated rings. The number of aliphatic hydroxyl groups is 2. The number of allylic oxidation sites excluding steroid dienone is 2. The van der Waals surface area contributed by atoms with Crippen molar-refractivity contribution in [3.63, 3.8) is 0 Å². The maximum absolute atomic E-state index is 11.1. The summed E-state index contributed by atoms with van der Waals surface area (Å²) in [5.74, 6) is -0.312. The SMILES string of the molecule is CCC1(C(O)CC=C[C@H]2[C@@H](CC=CCCCC(=O)OC)[C@@H](C#N)C[C@H]2O)CCC1. The molecule has 1 unspecified atom stereocenters. The highest BCUT2D eigenvalue weighted by atomic mass is 16.5. The molecule has 5 atom stereocenters. The Labute approximate surface area is 175 Å². The molecule has 0 radical (unpaired) electrons. The monoisotopic (exact) mass is 403 g/mol. The summed E-state index contributed by atoms with van der Waals surface area (Å²) in [4.78, 5) is 11.1. The standard InChI is InChI=1S/C24H37NO4/c1-3-24(14-9-15-24)22(27)12-8-11-20-19(18(17-25)16-21(20)26)10-6-4-5-7-13-23(28)29-2/h4,6,8,11,18-22,26-27H,3,5,7,9-10,12-16H2,1-2H3/t18-,19+,20+,21-,22?/m1/s1. The van der Waals surface area contributed by atoms with E-state index in [2.05, 4.69) is 23.8 Å². The number of rotatable bonds is 11. The van der Waals surface area contributed by atoms with E-state index < -0.39 is 6.10 Å². The fourth-order valence-corrected chi connectivity index (χ4v) is 4.89. The van der Waals surface area contributed by atoms with Gasteiger partial charge in [0.1, 0.15) is 0 Å². The fourth-order valence-electron chi connectivity index (χ4n) is 4.89. The Morgan fingerprint density at radius 2 is 2.10 bits per heavy atom. The van der Waals surface area contributed by atoms with Gasteiger partial charge in [-0.25, -0.2) is 0 Å². The predicted molar refractivity (Wildman–Crippen MR) is 113 cm³/mol. The Balaban J connectivity index is 1.87. The first-order chi connectivity index (χ1) is 14.0. The number of esters is 1. The van der Waals surface area contributed by atoms with Gasteiger partial charge in [-0.3, -0.25) is 4.79 Å². The van der Waals surface area contributed by atoms with Gasteiger partial charge in [-0.05, 0) is 62.7 Å². The molecule has 5 nitrogen and oxygen atoms in total. The van der Waals surface area contributed by atoms with Gasteiger partial charge in [0.05, 0.1) is 31.3 Å². The summed E-state index contributed by atoms with van der Waals surface area (Å²) in [7, 11) is 1.40. The van der Waals surface area contributed by atoms with E-state index in [1.165, 1.54) is 13.5 Å². The van der Waals surface area contributed by atoms with E-state index in [-0.39, 0.29) is 35.2 Å². The van der Waals surface area contributed by atoms with Crippen LogP contribution in [0, 0.1) is 34.5 Å². The molecule has 0 aromatic rings. The third-order valence-corrected chi connectivity index (χ3v) is 7.15. The summed E-state index contributed by atoms with van der Waals surface area (Å²) in [6.07, 6.45) is 15.6. The lowest BCUT2D eigenvalue weighted by Gasteiger charge is -2.45. The van der Waals surface area contributed by atoms with Crippen LogP contribution in [0.15, 0.2) is 24.3 Å². The van der Waals surface area contributed by atoms with Gasteiger partial charge in [-0.2, -0.15) is 5.26 Å². The van der Waals surface area contributed by atoms with Crippen molar-refractivity contribution >= 4 is 5.97 Å². The third-order valence-electron chi connectivity index (χ3n) is 7.15. The lowest BCUT2D eigenvalue weighted by molar-refractivity contribution is -0.140. The summed E-state index contributed by atoms with van der Waals surface area (Å²) in [6.45, 7) is 2.15. The van der Waals surface area contributed by atoms with E-state index in [1.54, 1.807) is 0 Å². The van der Waals surface area contributed by atoms with Gasteiger partial charge in [0.15, 0.2) is 0 Å². The Bertz CT molecular complexity index is 611. The summed E-state index contributed by atoms with van der Waals surface area (Å²) in [5, 5.41) is 30.6. The molecule has 162 valence electrons. The molecule has 0 saturated heterocycles. The maximum Gasteiger partial charge on any atom is 0.305 e. The number of hydrogen-bond donors (Lipinski definition) is 2. The first kappa shape index (κ1) is 23.6. The number of hydrogen-bond acceptors (Lipinski definition) is 5. The predicted octanol–water partition coefficient (Wildman–Crippen LogP) is 4.30. The number of carbonyl (C=O) groups is 1. The average molecular weight is 404 g/mol. The smallest absolute Gasteiger partial charge is 0.305 e. The van der Waals surface area contributed by atoms with Crippen molar-refractivity contribution in [1.82, 2.24) is 0 Å². The Morgan fingerprint density at radius 3 is 2.69 bits per heavy atom. The molecule has 0 heterocycles. The molecule has 0 bridgehead atoms. The Hall–Kier alpha value is -1.64. The number of nitriles is 1. The Morgan fingerprint density at radius 1 is 1.34 bits per heavy atom. The van der Waals surface area contributed by atoms with Gasteiger partial charge in [0.25, 0.3) is 0 Å².